The molecule has 0 saturated carbocycles. The van der Waals surface area contributed by atoms with Crippen molar-refractivity contribution in [2.75, 3.05) is 13.3 Å². The fourth-order valence-electron chi connectivity index (χ4n) is 3.60. The number of halogens is 5. The molecule has 0 unspecified atom stereocenters. The Bertz CT molecular complexity index is 1570. The van der Waals surface area contributed by atoms with Gasteiger partial charge in [-0.2, -0.15) is 14.0 Å². The van der Waals surface area contributed by atoms with Crippen LogP contribution in [0, 0.1) is 17.1 Å². The summed E-state index contributed by atoms with van der Waals surface area (Å²) in [7, 11) is -4.36. The van der Waals surface area contributed by atoms with Crippen molar-refractivity contribution in [3.05, 3.63) is 66.2 Å². The molecular weight excluding hydrogens is 521 g/mol. The highest BCUT2D eigenvalue weighted by Gasteiger charge is 2.25. The first-order chi connectivity index (χ1) is 17.7. The monoisotopic (exact) mass is 537 g/mol. The minimum absolute atomic E-state index is 0.0200. The normalized spacial score (nSPS) is 11.8. The van der Waals surface area contributed by atoms with Gasteiger partial charge in [0, 0.05) is 17.1 Å². The van der Waals surface area contributed by atoms with Crippen molar-refractivity contribution in [1.29, 1.82) is 5.26 Å². The molecule has 0 bridgehead atoms. The van der Waals surface area contributed by atoms with Gasteiger partial charge in [0.15, 0.2) is 5.82 Å². The average molecular weight is 537 g/mol. The van der Waals surface area contributed by atoms with E-state index in [1.807, 2.05) is 10.8 Å². The van der Waals surface area contributed by atoms with Crippen LogP contribution in [0.25, 0.3) is 28.1 Å². The van der Waals surface area contributed by atoms with E-state index in [9.17, 15) is 35.6 Å². The zero-order valence-electron chi connectivity index (χ0n) is 18.6. The number of alkyl halides is 4. The first kappa shape index (κ1) is 26.0. The van der Waals surface area contributed by atoms with Gasteiger partial charge in [-0.1, -0.05) is 0 Å². The van der Waals surface area contributed by atoms with Crippen LogP contribution in [0.5, 0.6) is 5.75 Å². The number of rotatable bonds is 9. The van der Waals surface area contributed by atoms with E-state index in [1.54, 1.807) is 0 Å². The zero-order valence-corrected chi connectivity index (χ0v) is 19.4. The third-order valence-electron chi connectivity index (χ3n) is 5.21. The van der Waals surface area contributed by atoms with E-state index in [1.165, 1.54) is 34.9 Å². The molecule has 4 rings (SSSR count). The van der Waals surface area contributed by atoms with E-state index >= 15 is 0 Å². The van der Waals surface area contributed by atoms with Gasteiger partial charge in [-0.15, -0.1) is 0 Å². The van der Waals surface area contributed by atoms with Gasteiger partial charge in [0.1, 0.15) is 41.6 Å². The van der Waals surface area contributed by atoms with Gasteiger partial charge < -0.3 is 9.30 Å². The van der Waals surface area contributed by atoms with Crippen molar-refractivity contribution < 1.29 is 35.1 Å². The number of nitriles is 1. The summed E-state index contributed by atoms with van der Waals surface area (Å²) in [4.78, 5) is 7.59. The third kappa shape index (κ3) is 5.23. The van der Waals surface area contributed by atoms with Crippen LogP contribution in [-0.4, -0.2) is 49.0 Å². The van der Waals surface area contributed by atoms with Crippen molar-refractivity contribution >= 4 is 20.9 Å². The van der Waals surface area contributed by atoms with Crippen LogP contribution in [0.4, 0.5) is 22.0 Å². The lowest BCUT2D eigenvalue weighted by Gasteiger charge is -2.13. The molecule has 37 heavy (non-hydrogen) atoms. The summed E-state index contributed by atoms with van der Waals surface area (Å²) < 4.78 is 97.4. The summed E-state index contributed by atoms with van der Waals surface area (Å²) in [5, 5.41) is 10.2. The second-order valence-electron chi connectivity index (χ2n) is 7.57. The minimum atomic E-state index is -4.36. The van der Waals surface area contributed by atoms with Crippen LogP contribution in [0.1, 0.15) is 5.56 Å². The van der Waals surface area contributed by atoms with Gasteiger partial charge >= 0.3 is 6.61 Å². The number of benzene rings is 2. The maximum absolute atomic E-state index is 13.6. The molecule has 14 heteroatoms. The van der Waals surface area contributed by atoms with E-state index in [0.29, 0.717) is 11.1 Å². The topological polar surface area (TPSA) is 110 Å². The van der Waals surface area contributed by atoms with Crippen molar-refractivity contribution in [3.8, 4) is 29.0 Å². The van der Waals surface area contributed by atoms with E-state index in [-0.39, 0.29) is 28.3 Å². The summed E-state index contributed by atoms with van der Waals surface area (Å²) in [5.41, 5.74) is 0.618. The highest BCUT2D eigenvalue weighted by Crippen LogP contribution is 2.36. The summed E-state index contributed by atoms with van der Waals surface area (Å²) in [6, 6.07) is 9.33. The molecule has 1 N–H and O–H groups in total. The molecule has 0 saturated heterocycles. The SMILES string of the molecule is N#Cc1c(-c2ncc(S(=O)(=O)NC(CF)CF)cn2)n(-c2ccc(F)cc2)c2cc(OC(F)F)ccc12. The van der Waals surface area contributed by atoms with E-state index in [2.05, 4.69) is 14.7 Å². The van der Waals surface area contributed by atoms with Gasteiger partial charge in [-0.05, 0) is 36.4 Å². The number of ether oxygens (including phenoxy) is 1. The van der Waals surface area contributed by atoms with E-state index < -0.39 is 46.7 Å². The summed E-state index contributed by atoms with van der Waals surface area (Å²) in [5.74, 6) is -0.898. The molecule has 192 valence electrons. The highest BCUT2D eigenvalue weighted by molar-refractivity contribution is 7.89. The predicted molar refractivity (Wildman–Crippen MR) is 122 cm³/mol. The Labute approximate surface area is 207 Å². The molecule has 4 aromatic rings. The summed E-state index contributed by atoms with van der Waals surface area (Å²) in [6.45, 7) is -5.65. The minimum Gasteiger partial charge on any atom is -0.435 e. The van der Waals surface area contributed by atoms with Crippen LogP contribution < -0.4 is 9.46 Å². The molecular formula is C23H16F5N5O3S. The van der Waals surface area contributed by atoms with Gasteiger partial charge in [0.25, 0.3) is 0 Å². The van der Waals surface area contributed by atoms with Crippen LogP contribution in [0.2, 0.25) is 0 Å². The molecule has 0 amide bonds. The zero-order chi connectivity index (χ0) is 26.7. The molecule has 2 aromatic heterocycles. The lowest BCUT2D eigenvalue weighted by atomic mass is 10.1. The second kappa shape index (κ2) is 10.5. The summed E-state index contributed by atoms with van der Waals surface area (Å²) in [6.07, 6.45) is 1.77. The van der Waals surface area contributed by atoms with Crippen LogP contribution >= 0.6 is 0 Å². The molecule has 0 aliphatic heterocycles. The Morgan fingerprint density at radius 2 is 1.70 bits per heavy atom. The van der Waals surface area contributed by atoms with Gasteiger partial charge in [-0.25, -0.2) is 36.3 Å². The smallest absolute Gasteiger partial charge is 0.387 e. The van der Waals surface area contributed by atoms with Crippen LogP contribution in [0.3, 0.4) is 0 Å². The van der Waals surface area contributed by atoms with Crippen LogP contribution in [-0.2, 0) is 10.0 Å². The molecule has 2 heterocycles. The fourth-order valence-corrected chi connectivity index (χ4v) is 4.68. The molecule has 8 nitrogen and oxygen atoms in total. The number of hydrogen-bond acceptors (Lipinski definition) is 6. The van der Waals surface area contributed by atoms with Gasteiger partial charge in [0.2, 0.25) is 10.0 Å². The predicted octanol–water partition coefficient (Wildman–Crippen LogP) is 4.29. The average Bonchev–Trinajstić information content (AvgIpc) is 3.21. The largest absolute Gasteiger partial charge is 0.435 e. The van der Waals surface area contributed by atoms with Crippen molar-refractivity contribution in [3.63, 3.8) is 0 Å². The van der Waals surface area contributed by atoms with Crippen molar-refractivity contribution in [2.45, 2.75) is 17.5 Å². The Balaban J connectivity index is 1.91. The maximum atomic E-state index is 13.6. The lowest BCUT2D eigenvalue weighted by Crippen LogP contribution is -2.38. The number of fused-ring (bicyclic) bond motifs is 1. The highest BCUT2D eigenvalue weighted by atomic mass is 32.2. The number of nitrogens with zero attached hydrogens (tertiary/aromatic N) is 4. The van der Waals surface area contributed by atoms with Crippen LogP contribution in [0.15, 0.2) is 59.8 Å². The first-order valence-electron chi connectivity index (χ1n) is 10.4. The maximum Gasteiger partial charge on any atom is 0.387 e. The van der Waals surface area contributed by atoms with E-state index in [0.717, 1.165) is 24.5 Å². The Hall–Kier alpha value is -4.09. The molecule has 0 aliphatic carbocycles. The number of sulfonamides is 1. The Morgan fingerprint density at radius 1 is 1.05 bits per heavy atom. The number of aromatic nitrogens is 3. The lowest BCUT2D eigenvalue weighted by molar-refractivity contribution is -0.0497. The third-order valence-corrected chi connectivity index (χ3v) is 6.68. The molecule has 0 atom stereocenters. The molecule has 0 aliphatic rings. The fraction of sp³-hybridized carbons (Fsp3) is 0.174. The van der Waals surface area contributed by atoms with Crippen molar-refractivity contribution in [2.24, 2.45) is 0 Å². The molecule has 0 spiro atoms. The first-order valence-corrected chi connectivity index (χ1v) is 11.9. The Morgan fingerprint density at radius 3 is 2.27 bits per heavy atom. The number of hydrogen-bond donors (Lipinski definition) is 1. The number of nitrogens with one attached hydrogen (secondary N) is 1. The van der Waals surface area contributed by atoms with Gasteiger partial charge in [-0.3, -0.25) is 0 Å². The summed E-state index contributed by atoms with van der Waals surface area (Å²) >= 11 is 0. The standard InChI is InChI=1S/C23H16F5N5O3S/c24-8-14(9-25)32-37(34,35)17-11-30-22(31-12-17)21-19(10-29)18-6-5-16(36-23(27)28)7-20(18)33(21)15-3-1-13(26)2-4-15/h1-7,11-12,14,23,32H,8-9H2. The quantitative estimate of drug-likeness (QED) is 0.319. The molecule has 0 radical (unpaired) electrons. The van der Waals surface area contributed by atoms with Gasteiger partial charge in [0.05, 0.1) is 29.5 Å². The second-order valence-corrected chi connectivity index (χ2v) is 9.29. The molecule has 0 fully saturated rings. The Kier molecular flexibility index (Phi) is 7.37. The van der Waals surface area contributed by atoms with E-state index in [4.69, 9.17) is 0 Å². The molecule has 2 aromatic carbocycles. The van der Waals surface area contributed by atoms with Crippen molar-refractivity contribution in [1.82, 2.24) is 19.3 Å².